The fourth-order valence-corrected chi connectivity index (χ4v) is 1.17. The molecule has 1 atom stereocenters. The molecule has 1 rings (SSSR count). The maximum absolute atomic E-state index is 11.3. The maximum Gasteiger partial charge on any atom is 0.221 e. The van der Waals surface area contributed by atoms with Crippen LogP contribution in [0.2, 0.25) is 0 Å². The van der Waals surface area contributed by atoms with Crippen molar-refractivity contribution >= 4 is 5.91 Å². The molecule has 4 nitrogen and oxygen atoms in total. The molecule has 0 aromatic carbocycles. The SMILES string of the molecule is CC(CO)N(C)CCC(=O)NC1CC1. The van der Waals surface area contributed by atoms with Gasteiger partial charge in [-0.1, -0.05) is 0 Å². The van der Waals surface area contributed by atoms with Crippen molar-refractivity contribution in [3.05, 3.63) is 0 Å². The third-order valence-electron chi connectivity index (χ3n) is 2.65. The molecule has 1 aliphatic rings. The van der Waals surface area contributed by atoms with Crippen molar-refractivity contribution in [1.29, 1.82) is 0 Å². The lowest BCUT2D eigenvalue weighted by Gasteiger charge is -2.22. The van der Waals surface area contributed by atoms with E-state index in [1.807, 2.05) is 18.9 Å². The van der Waals surface area contributed by atoms with E-state index >= 15 is 0 Å². The van der Waals surface area contributed by atoms with Gasteiger partial charge in [-0.15, -0.1) is 0 Å². The first-order valence-corrected chi connectivity index (χ1v) is 5.24. The number of nitrogens with one attached hydrogen (secondary N) is 1. The van der Waals surface area contributed by atoms with Crippen LogP contribution in [0.25, 0.3) is 0 Å². The Kier molecular flexibility index (Phi) is 4.35. The van der Waals surface area contributed by atoms with E-state index < -0.39 is 0 Å². The fraction of sp³-hybridized carbons (Fsp3) is 0.900. The van der Waals surface area contributed by atoms with Gasteiger partial charge in [-0.25, -0.2) is 0 Å². The molecule has 1 fully saturated rings. The largest absolute Gasteiger partial charge is 0.395 e. The predicted molar refractivity (Wildman–Crippen MR) is 55.0 cm³/mol. The van der Waals surface area contributed by atoms with Crippen LogP contribution in [0.3, 0.4) is 0 Å². The summed E-state index contributed by atoms with van der Waals surface area (Å²) in [6, 6.07) is 0.576. The van der Waals surface area contributed by atoms with Crippen LogP contribution in [0.4, 0.5) is 0 Å². The van der Waals surface area contributed by atoms with Crippen LogP contribution in [0, 0.1) is 0 Å². The minimum Gasteiger partial charge on any atom is -0.395 e. The van der Waals surface area contributed by atoms with Crippen LogP contribution >= 0.6 is 0 Å². The molecule has 0 bridgehead atoms. The molecule has 0 aliphatic heterocycles. The molecule has 14 heavy (non-hydrogen) atoms. The molecule has 1 saturated carbocycles. The third kappa shape index (κ3) is 4.07. The van der Waals surface area contributed by atoms with Crippen molar-refractivity contribution in [2.75, 3.05) is 20.2 Å². The van der Waals surface area contributed by atoms with Crippen LogP contribution in [0.15, 0.2) is 0 Å². The van der Waals surface area contributed by atoms with Gasteiger partial charge in [-0.3, -0.25) is 4.79 Å². The number of hydrogen-bond acceptors (Lipinski definition) is 3. The lowest BCUT2D eigenvalue weighted by Crippen LogP contribution is -2.36. The molecule has 0 saturated heterocycles. The van der Waals surface area contributed by atoms with Gasteiger partial charge in [0, 0.05) is 25.0 Å². The Bertz CT molecular complexity index is 193. The molecule has 4 heteroatoms. The summed E-state index contributed by atoms with van der Waals surface area (Å²) in [5.41, 5.74) is 0. The van der Waals surface area contributed by atoms with Crippen LogP contribution in [0.1, 0.15) is 26.2 Å². The van der Waals surface area contributed by atoms with E-state index in [-0.39, 0.29) is 18.6 Å². The average molecular weight is 200 g/mol. The highest BCUT2D eigenvalue weighted by Crippen LogP contribution is 2.18. The summed E-state index contributed by atoms with van der Waals surface area (Å²) in [5.74, 6) is 0.129. The monoisotopic (exact) mass is 200 g/mol. The number of likely N-dealkylation sites (N-methyl/N-ethyl adjacent to an activating group) is 1. The van der Waals surface area contributed by atoms with Gasteiger partial charge >= 0.3 is 0 Å². The molecule has 0 aromatic rings. The van der Waals surface area contributed by atoms with Gasteiger partial charge in [-0.2, -0.15) is 0 Å². The second-order valence-corrected chi connectivity index (χ2v) is 4.10. The minimum atomic E-state index is 0.128. The van der Waals surface area contributed by atoms with Crippen LogP contribution < -0.4 is 5.32 Å². The summed E-state index contributed by atoms with van der Waals surface area (Å²) in [5, 5.41) is 11.8. The van der Waals surface area contributed by atoms with Crippen molar-refractivity contribution in [3.63, 3.8) is 0 Å². The highest BCUT2D eigenvalue weighted by Gasteiger charge is 2.23. The van der Waals surface area contributed by atoms with Gasteiger partial charge < -0.3 is 15.3 Å². The zero-order valence-electron chi connectivity index (χ0n) is 8.99. The Hall–Kier alpha value is -0.610. The Morgan fingerprint density at radius 1 is 1.64 bits per heavy atom. The summed E-state index contributed by atoms with van der Waals surface area (Å²) in [7, 11) is 1.92. The van der Waals surface area contributed by atoms with Gasteiger partial charge in [0.15, 0.2) is 0 Å². The van der Waals surface area contributed by atoms with Crippen LogP contribution in [-0.4, -0.2) is 48.2 Å². The second-order valence-electron chi connectivity index (χ2n) is 4.10. The number of amides is 1. The summed E-state index contributed by atoms with van der Waals surface area (Å²) < 4.78 is 0. The lowest BCUT2D eigenvalue weighted by atomic mass is 10.3. The van der Waals surface area contributed by atoms with Crippen molar-refractivity contribution in [1.82, 2.24) is 10.2 Å². The minimum absolute atomic E-state index is 0.128. The number of rotatable bonds is 6. The number of carbonyl (C=O) groups is 1. The maximum atomic E-state index is 11.3. The predicted octanol–water partition coefficient (Wildman–Crippen LogP) is -0.0323. The van der Waals surface area contributed by atoms with Crippen LogP contribution in [-0.2, 0) is 4.79 Å². The number of aliphatic hydroxyl groups excluding tert-OH is 1. The first kappa shape index (κ1) is 11.5. The van der Waals surface area contributed by atoms with Crippen molar-refractivity contribution < 1.29 is 9.90 Å². The molecule has 82 valence electrons. The first-order chi connectivity index (χ1) is 6.63. The van der Waals surface area contributed by atoms with Crippen molar-refractivity contribution in [2.45, 2.75) is 38.3 Å². The van der Waals surface area contributed by atoms with E-state index in [9.17, 15) is 4.79 Å². The fourth-order valence-electron chi connectivity index (χ4n) is 1.17. The molecular formula is C10H20N2O2. The van der Waals surface area contributed by atoms with Crippen molar-refractivity contribution in [2.24, 2.45) is 0 Å². The van der Waals surface area contributed by atoms with E-state index in [4.69, 9.17) is 5.11 Å². The molecule has 0 spiro atoms. The number of aliphatic hydroxyl groups is 1. The molecule has 2 N–H and O–H groups in total. The molecule has 0 aromatic heterocycles. The van der Waals surface area contributed by atoms with E-state index in [1.165, 1.54) is 0 Å². The number of nitrogens with zero attached hydrogens (tertiary/aromatic N) is 1. The van der Waals surface area contributed by atoms with Crippen LogP contribution in [0.5, 0.6) is 0 Å². The number of carbonyl (C=O) groups excluding carboxylic acids is 1. The quantitative estimate of drug-likeness (QED) is 0.633. The van der Waals surface area contributed by atoms with Gasteiger partial charge in [0.05, 0.1) is 6.61 Å². The zero-order valence-corrected chi connectivity index (χ0v) is 8.99. The smallest absolute Gasteiger partial charge is 0.221 e. The Morgan fingerprint density at radius 3 is 2.79 bits per heavy atom. The summed E-state index contributed by atoms with van der Waals surface area (Å²) in [6.45, 7) is 2.79. The molecule has 1 amide bonds. The van der Waals surface area contributed by atoms with E-state index in [2.05, 4.69) is 5.32 Å². The Labute approximate surface area is 85.3 Å². The Balaban J connectivity index is 2.08. The van der Waals surface area contributed by atoms with E-state index in [0.717, 1.165) is 12.8 Å². The van der Waals surface area contributed by atoms with Gasteiger partial charge in [0.25, 0.3) is 0 Å². The van der Waals surface area contributed by atoms with Gasteiger partial charge in [0.2, 0.25) is 5.91 Å². The zero-order chi connectivity index (χ0) is 10.6. The van der Waals surface area contributed by atoms with Crippen molar-refractivity contribution in [3.8, 4) is 0 Å². The summed E-state index contributed by atoms with van der Waals surface area (Å²) in [4.78, 5) is 13.3. The third-order valence-corrected chi connectivity index (χ3v) is 2.65. The standard InChI is InChI=1S/C10H20N2O2/c1-8(7-13)12(2)6-5-10(14)11-9-3-4-9/h8-9,13H,3-7H2,1-2H3,(H,11,14). The lowest BCUT2D eigenvalue weighted by molar-refractivity contribution is -0.121. The highest BCUT2D eigenvalue weighted by atomic mass is 16.3. The molecular weight excluding hydrogens is 180 g/mol. The molecule has 1 aliphatic carbocycles. The molecule has 0 heterocycles. The van der Waals surface area contributed by atoms with E-state index in [1.54, 1.807) is 0 Å². The average Bonchev–Trinajstić information content (AvgIpc) is 2.96. The van der Waals surface area contributed by atoms with Gasteiger partial charge in [-0.05, 0) is 26.8 Å². The summed E-state index contributed by atoms with van der Waals surface area (Å²) >= 11 is 0. The van der Waals surface area contributed by atoms with E-state index in [0.29, 0.717) is 19.0 Å². The highest BCUT2D eigenvalue weighted by molar-refractivity contribution is 5.76. The molecule has 0 radical (unpaired) electrons. The Morgan fingerprint density at radius 2 is 2.29 bits per heavy atom. The van der Waals surface area contributed by atoms with Gasteiger partial charge in [0.1, 0.15) is 0 Å². The normalized spacial score (nSPS) is 18.3. The summed E-state index contributed by atoms with van der Waals surface area (Å²) in [6.07, 6.45) is 2.79. The molecule has 1 unspecified atom stereocenters. The number of hydrogen-bond donors (Lipinski definition) is 2. The second kappa shape index (κ2) is 5.32. The first-order valence-electron chi connectivity index (χ1n) is 5.24. The topological polar surface area (TPSA) is 52.6 Å².